The molecule has 2 aromatic rings. The van der Waals surface area contributed by atoms with Gasteiger partial charge in [0.25, 0.3) is 5.91 Å². The van der Waals surface area contributed by atoms with Crippen LogP contribution in [0.2, 0.25) is 0 Å². The lowest BCUT2D eigenvalue weighted by atomic mass is 10.1. The molecule has 0 bridgehead atoms. The zero-order chi connectivity index (χ0) is 17.5. The van der Waals surface area contributed by atoms with Crippen molar-refractivity contribution in [1.82, 2.24) is 0 Å². The van der Waals surface area contributed by atoms with Crippen LogP contribution in [-0.4, -0.2) is 17.6 Å². The van der Waals surface area contributed by atoms with Gasteiger partial charge >= 0.3 is 0 Å². The minimum atomic E-state index is -0.616. The fourth-order valence-electron chi connectivity index (χ4n) is 1.94. The minimum Gasteiger partial charge on any atom is -0.504 e. The van der Waals surface area contributed by atoms with Crippen molar-refractivity contribution in [1.29, 1.82) is 5.26 Å². The third kappa shape index (κ3) is 4.34. The number of nitrogens with one attached hydrogen (secondary N) is 1. The van der Waals surface area contributed by atoms with Crippen molar-refractivity contribution in [2.75, 3.05) is 11.9 Å². The summed E-state index contributed by atoms with van der Waals surface area (Å²) in [5.41, 5.74) is 0.776. The van der Waals surface area contributed by atoms with Gasteiger partial charge in [-0.1, -0.05) is 6.07 Å². The second-order valence-corrected chi connectivity index (χ2v) is 4.79. The van der Waals surface area contributed by atoms with Crippen molar-refractivity contribution in [3.63, 3.8) is 0 Å². The van der Waals surface area contributed by atoms with Gasteiger partial charge in [-0.2, -0.15) is 5.26 Å². The van der Waals surface area contributed by atoms with E-state index < -0.39 is 11.7 Å². The Morgan fingerprint density at radius 1 is 1.33 bits per heavy atom. The Balaban J connectivity index is 2.22. The van der Waals surface area contributed by atoms with Gasteiger partial charge in [-0.3, -0.25) is 4.79 Å². The number of carbonyl (C=O) groups excluding carboxylic acids is 1. The second-order valence-electron chi connectivity index (χ2n) is 4.79. The van der Waals surface area contributed by atoms with Crippen LogP contribution in [0.5, 0.6) is 11.5 Å². The summed E-state index contributed by atoms with van der Waals surface area (Å²) < 4.78 is 18.1. The summed E-state index contributed by atoms with van der Waals surface area (Å²) in [7, 11) is 0. The lowest BCUT2D eigenvalue weighted by molar-refractivity contribution is -0.112. The first kappa shape index (κ1) is 17.0. The maximum absolute atomic E-state index is 12.9. The number of ether oxygens (including phenoxy) is 1. The quantitative estimate of drug-likeness (QED) is 0.651. The first-order chi connectivity index (χ1) is 11.5. The molecule has 0 heterocycles. The van der Waals surface area contributed by atoms with E-state index >= 15 is 0 Å². The molecule has 122 valence electrons. The number of phenols is 1. The summed E-state index contributed by atoms with van der Waals surface area (Å²) in [4.78, 5) is 12.1. The number of carbonyl (C=O) groups is 1. The monoisotopic (exact) mass is 326 g/mol. The van der Waals surface area contributed by atoms with E-state index in [0.29, 0.717) is 17.9 Å². The van der Waals surface area contributed by atoms with Crippen molar-refractivity contribution in [2.45, 2.75) is 6.92 Å². The maximum Gasteiger partial charge on any atom is 0.266 e. The Bertz CT molecular complexity index is 808. The van der Waals surface area contributed by atoms with Crippen LogP contribution in [0, 0.1) is 17.1 Å². The minimum absolute atomic E-state index is 0.0247. The molecular weight excluding hydrogens is 311 g/mol. The first-order valence-electron chi connectivity index (χ1n) is 7.18. The molecule has 0 atom stereocenters. The molecule has 1 amide bonds. The highest BCUT2D eigenvalue weighted by Gasteiger charge is 2.11. The van der Waals surface area contributed by atoms with Gasteiger partial charge in [0, 0.05) is 5.69 Å². The molecule has 2 rings (SSSR count). The van der Waals surface area contributed by atoms with Gasteiger partial charge < -0.3 is 15.2 Å². The van der Waals surface area contributed by atoms with E-state index in [2.05, 4.69) is 5.32 Å². The van der Waals surface area contributed by atoms with Crippen molar-refractivity contribution >= 4 is 17.7 Å². The summed E-state index contributed by atoms with van der Waals surface area (Å²) in [6.07, 6.45) is 1.38. The lowest BCUT2D eigenvalue weighted by Gasteiger charge is -2.07. The van der Waals surface area contributed by atoms with Crippen LogP contribution in [0.25, 0.3) is 6.08 Å². The molecule has 0 aliphatic heterocycles. The van der Waals surface area contributed by atoms with Crippen LogP contribution in [0.15, 0.2) is 48.0 Å². The summed E-state index contributed by atoms with van der Waals surface area (Å²) in [5, 5.41) is 21.4. The van der Waals surface area contributed by atoms with Crippen LogP contribution >= 0.6 is 0 Å². The van der Waals surface area contributed by atoms with Gasteiger partial charge in [-0.05, 0) is 55.0 Å². The van der Waals surface area contributed by atoms with E-state index in [1.165, 1.54) is 42.5 Å². The highest BCUT2D eigenvalue weighted by molar-refractivity contribution is 6.09. The number of hydrogen-bond donors (Lipinski definition) is 2. The molecule has 2 N–H and O–H groups in total. The number of phenolic OH excluding ortho intramolecular Hbond substituents is 1. The molecule has 0 aliphatic carbocycles. The van der Waals surface area contributed by atoms with Gasteiger partial charge in [0.05, 0.1) is 6.61 Å². The Labute approximate surface area is 138 Å². The third-order valence-electron chi connectivity index (χ3n) is 3.06. The van der Waals surface area contributed by atoms with E-state index in [9.17, 15) is 19.6 Å². The Morgan fingerprint density at radius 2 is 2.04 bits per heavy atom. The summed E-state index contributed by atoms with van der Waals surface area (Å²) in [6, 6.07) is 11.5. The number of nitrogens with zero attached hydrogens (tertiary/aromatic N) is 1. The number of aromatic hydroxyl groups is 1. The smallest absolute Gasteiger partial charge is 0.266 e. The number of benzene rings is 2. The number of amides is 1. The van der Waals surface area contributed by atoms with E-state index in [-0.39, 0.29) is 17.1 Å². The average Bonchev–Trinajstić information content (AvgIpc) is 2.57. The fourth-order valence-corrected chi connectivity index (χ4v) is 1.94. The van der Waals surface area contributed by atoms with Gasteiger partial charge in [-0.15, -0.1) is 0 Å². The van der Waals surface area contributed by atoms with E-state index in [1.54, 1.807) is 13.0 Å². The molecule has 2 aromatic carbocycles. The van der Waals surface area contributed by atoms with Crippen molar-refractivity contribution in [2.24, 2.45) is 0 Å². The van der Waals surface area contributed by atoms with E-state index in [4.69, 9.17) is 4.74 Å². The predicted octanol–water partition coefficient (Wildman–Crippen LogP) is 3.48. The van der Waals surface area contributed by atoms with Crippen molar-refractivity contribution in [3.05, 3.63) is 59.4 Å². The number of nitriles is 1. The molecule has 0 saturated heterocycles. The molecule has 0 fully saturated rings. The van der Waals surface area contributed by atoms with Crippen LogP contribution in [0.1, 0.15) is 12.5 Å². The topological polar surface area (TPSA) is 82.3 Å². The molecular formula is C18H15FN2O3. The van der Waals surface area contributed by atoms with Crippen LogP contribution in [-0.2, 0) is 4.79 Å². The highest BCUT2D eigenvalue weighted by atomic mass is 19.1. The lowest BCUT2D eigenvalue weighted by Crippen LogP contribution is -2.13. The van der Waals surface area contributed by atoms with Gasteiger partial charge in [-0.25, -0.2) is 4.39 Å². The molecule has 0 aliphatic rings. The predicted molar refractivity (Wildman–Crippen MR) is 87.9 cm³/mol. The Morgan fingerprint density at radius 3 is 2.67 bits per heavy atom. The molecule has 6 heteroatoms. The van der Waals surface area contributed by atoms with Gasteiger partial charge in [0.15, 0.2) is 11.5 Å². The number of anilines is 1. The summed E-state index contributed by atoms with van der Waals surface area (Å²) in [5.74, 6) is -0.794. The Hall–Kier alpha value is -3.33. The zero-order valence-electron chi connectivity index (χ0n) is 12.9. The summed E-state index contributed by atoms with van der Waals surface area (Å²) >= 11 is 0. The SMILES string of the molecule is CCOc1cc(/C=C(\C#N)C(=O)Nc2ccc(F)cc2)ccc1O. The number of hydrogen-bond acceptors (Lipinski definition) is 4. The highest BCUT2D eigenvalue weighted by Crippen LogP contribution is 2.27. The second kappa shape index (κ2) is 7.79. The van der Waals surface area contributed by atoms with Crippen molar-refractivity contribution < 1.29 is 19.0 Å². The standard InChI is InChI=1S/C18H15FN2O3/c1-2-24-17-10-12(3-8-16(17)22)9-13(11-20)18(23)21-15-6-4-14(19)5-7-15/h3-10,22H,2H2,1H3,(H,21,23)/b13-9+. The molecule has 0 saturated carbocycles. The van der Waals surface area contributed by atoms with Gasteiger partial charge in [0.1, 0.15) is 17.5 Å². The van der Waals surface area contributed by atoms with Crippen LogP contribution < -0.4 is 10.1 Å². The van der Waals surface area contributed by atoms with E-state index in [0.717, 1.165) is 0 Å². The molecule has 0 unspecified atom stereocenters. The normalized spacial score (nSPS) is 10.8. The molecule has 0 spiro atoms. The van der Waals surface area contributed by atoms with Crippen LogP contribution in [0.4, 0.5) is 10.1 Å². The fraction of sp³-hybridized carbons (Fsp3) is 0.111. The van der Waals surface area contributed by atoms with Gasteiger partial charge in [0.2, 0.25) is 0 Å². The molecule has 0 aromatic heterocycles. The molecule has 0 radical (unpaired) electrons. The van der Waals surface area contributed by atoms with E-state index in [1.807, 2.05) is 6.07 Å². The number of halogens is 1. The first-order valence-corrected chi connectivity index (χ1v) is 7.18. The largest absolute Gasteiger partial charge is 0.504 e. The summed E-state index contributed by atoms with van der Waals surface area (Å²) in [6.45, 7) is 2.15. The Kier molecular flexibility index (Phi) is 5.53. The average molecular weight is 326 g/mol. The molecule has 24 heavy (non-hydrogen) atoms. The number of rotatable bonds is 5. The maximum atomic E-state index is 12.9. The zero-order valence-corrected chi connectivity index (χ0v) is 12.9. The third-order valence-corrected chi connectivity index (χ3v) is 3.06. The van der Waals surface area contributed by atoms with Crippen LogP contribution in [0.3, 0.4) is 0 Å². The van der Waals surface area contributed by atoms with Crippen molar-refractivity contribution in [3.8, 4) is 17.6 Å². The molecule has 5 nitrogen and oxygen atoms in total.